The number of ether oxygens (including phenoxy) is 1. The molecule has 2 aromatic rings. The maximum atomic E-state index is 12.8. The number of aliphatic imine (C=N–C) groups is 1. The first-order chi connectivity index (χ1) is 16.2. The van der Waals surface area contributed by atoms with Crippen molar-refractivity contribution in [2.75, 3.05) is 19.0 Å². The van der Waals surface area contributed by atoms with Gasteiger partial charge in [0.25, 0.3) is 5.91 Å². The molecule has 9 nitrogen and oxygen atoms in total. The van der Waals surface area contributed by atoms with E-state index in [-0.39, 0.29) is 17.1 Å². The fourth-order valence-electron chi connectivity index (χ4n) is 3.87. The summed E-state index contributed by atoms with van der Waals surface area (Å²) in [6.45, 7) is 5.03. The number of anilines is 1. The molecule has 1 aromatic carbocycles. The number of methoxy groups -OCH3 is 1. The molecule has 2 heterocycles. The number of carbonyl (C=O) groups excluding carboxylic acids is 2. The van der Waals surface area contributed by atoms with Crippen molar-refractivity contribution in [3.05, 3.63) is 58.2 Å². The molecule has 10 heteroatoms. The topological polar surface area (TPSA) is 120 Å². The van der Waals surface area contributed by atoms with E-state index in [0.717, 1.165) is 41.6 Å². The third-order valence-corrected chi connectivity index (χ3v) is 6.33. The van der Waals surface area contributed by atoms with Crippen LogP contribution in [0.15, 0.2) is 46.3 Å². The molecule has 34 heavy (non-hydrogen) atoms. The summed E-state index contributed by atoms with van der Waals surface area (Å²) < 4.78 is 5.14. The zero-order valence-corrected chi connectivity index (χ0v) is 20.9. The van der Waals surface area contributed by atoms with Crippen LogP contribution in [0.25, 0.3) is 11.1 Å². The van der Waals surface area contributed by atoms with Gasteiger partial charge >= 0.3 is 6.09 Å². The van der Waals surface area contributed by atoms with Crippen LogP contribution in [-0.4, -0.2) is 41.6 Å². The first-order valence-corrected chi connectivity index (χ1v) is 11.8. The van der Waals surface area contributed by atoms with Crippen LogP contribution in [0.4, 0.5) is 10.5 Å². The number of rotatable bonds is 4. The smallest absolute Gasteiger partial charge is 0.436 e. The highest BCUT2D eigenvalue weighted by atomic mass is 79.9. The molecule has 1 aromatic heterocycles. The quantitative estimate of drug-likeness (QED) is 0.459. The minimum absolute atomic E-state index is 0.237. The zero-order valence-electron chi connectivity index (χ0n) is 19.3. The van der Waals surface area contributed by atoms with Crippen molar-refractivity contribution in [1.82, 2.24) is 20.6 Å². The van der Waals surface area contributed by atoms with Crippen molar-refractivity contribution >= 4 is 50.7 Å². The van der Waals surface area contributed by atoms with Crippen molar-refractivity contribution in [2.45, 2.75) is 33.1 Å². The van der Waals surface area contributed by atoms with Gasteiger partial charge in [0.2, 0.25) is 5.96 Å². The number of allylic oxidation sites excluding steroid dienone is 2. The molecule has 0 spiro atoms. The fourth-order valence-corrected chi connectivity index (χ4v) is 4.16. The number of guanidine groups is 1. The predicted octanol–water partition coefficient (Wildman–Crippen LogP) is 4.67. The second kappa shape index (κ2) is 9.84. The third kappa shape index (κ3) is 5.56. The second-order valence-corrected chi connectivity index (χ2v) is 9.79. The van der Waals surface area contributed by atoms with Gasteiger partial charge in [-0.2, -0.15) is 0 Å². The van der Waals surface area contributed by atoms with Gasteiger partial charge in [-0.15, -0.1) is 4.99 Å². The fraction of sp³-hybridized carbons (Fsp3) is 0.333. The van der Waals surface area contributed by atoms with Crippen molar-refractivity contribution < 1.29 is 14.3 Å². The number of halogens is 1. The average Bonchev–Trinajstić information content (AvgIpc) is 3.26. The van der Waals surface area contributed by atoms with E-state index in [1.165, 1.54) is 12.7 Å². The van der Waals surface area contributed by atoms with Crippen LogP contribution in [0.5, 0.6) is 0 Å². The summed E-state index contributed by atoms with van der Waals surface area (Å²) in [5.41, 5.74) is 5.19. The molecule has 4 rings (SSSR count). The van der Waals surface area contributed by atoms with Crippen molar-refractivity contribution in [1.29, 1.82) is 0 Å². The monoisotopic (exact) mass is 526 g/mol. The molecule has 1 aliphatic carbocycles. The van der Waals surface area contributed by atoms with Gasteiger partial charge in [-0.25, -0.2) is 9.78 Å². The Morgan fingerprint density at radius 3 is 2.71 bits per heavy atom. The molecule has 0 radical (unpaired) electrons. The molecule has 2 aliphatic rings. The number of aromatic amines is 1. The van der Waals surface area contributed by atoms with E-state index < -0.39 is 6.09 Å². The maximum Gasteiger partial charge on any atom is 0.436 e. The number of carbonyl (C=O) groups is 2. The maximum absolute atomic E-state index is 12.8. The lowest BCUT2D eigenvalue weighted by Gasteiger charge is -2.29. The predicted molar refractivity (Wildman–Crippen MR) is 135 cm³/mol. The van der Waals surface area contributed by atoms with Crippen LogP contribution in [0, 0.1) is 5.41 Å². The van der Waals surface area contributed by atoms with E-state index in [4.69, 9.17) is 0 Å². The summed E-state index contributed by atoms with van der Waals surface area (Å²) in [5.74, 6) is 0.267. The Kier molecular flexibility index (Phi) is 6.87. The first kappa shape index (κ1) is 23.7. The van der Waals surface area contributed by atoms with Gasteiger partial charge in [0.15, 0.2) is 5.82 Å². The lowest BCUT2D eigenvalue weighted by Crippen LogP contribution is -2.40. The van der Waals surface area contributed by atoms with Gasteiger partial charge in [-0.05, 0) is 69.4 Å². The Morgan fingerprint density at radius 2 is 2.09 bits per heavy atom. The number of amides is 2. The molecule has 0 unspecified atom stereocenters. The van der Waals surface area contributed by atoms with Gasteiger partial charge in [0, 0.05) is 30.2 Å². The summed E-state index contributed by atoms with van der Waals surface area (Å²) in [4.78, 5) is 34.9. The van der Waals surface area contributed by atoms with E-state index in [2.05, 4.69) is 77.6 Å². The number of hydrogen-bond acceptors (Lipinski definition) is 4. The van der Waals surface area contributed by atoms with E-state index in [1.807, 2.05) is 18.3 Å². The molecule has 0 atom stereocenters. The van der Waals surface area contributed by atoms with E-state index in [9.17, 15) is 9.59 Å². The van der Waals surface area contributed by atoms with Gasteiger partial charge in [-0.3, -0.25) is 4.79 Å². The highest BCUT2D eigenvalue weighted by molar-refractivity contribution is 9.10. The van der Waals surface area contributed by atoms with E-state index in [1.54, 1.807) is 6.20 Å². The van der Waals surface area contributed by atoms with Crippen LogP contribution in [0.3, 0.4) is 0 Å². The Balaban J connectivity index is 1.64. The van der Waals surface area contributed by atoms with Gasteiger partial charge in [0.05, 0.1) is 7.11 Å². The van der Waals surface area contributed by atoms with Crippen molar-refractivity contribution in [3.63, 3.8) is 0 Å². The molecule has 1 aliphatic heterocycles. The minimum atomic E-state index is -0.676. The normalized spacial score (nSPS) is 18.3. The SMILES string of the molecule is COC(=O)N=C1NC=C(c2ccc(NC(=O)c3nc(Br)c[nH]3)c(C3=CCC(C)(C)CC3)c2)CN1. The van der Waals surface area contributed by atoms with Gasteiger partial charge in [-0.1, -0.05) is 26.0 Å². The Labute approximate surface area is 206 Å². The summed E-state index contributed by atoms with van der Waals surface area (Å²) in [5, 5.41) is 9.08. The number of aromatic nitrogens is 2. The molecule has 0 bridgehead atoms. The highest BCUT2D eigenvalue weighted by Crippen LogP contribution is 2.40. The van der Waals surface area contributed by atoms with Crippen LogP contribution >= 0.6 is 15.9 Å². The number of hydrogen-bond donors (Lipinski definition) is 4. The highest BCUT2D eigenvalue weighted by Gasteiger charge is 2.24. The molecule has 2 amide bonds. The van der Waals surface area contributed by atoms with Crippen LogP contribution in [0.2, 0.25) is 0 Å². The lowest BCUT2D eigenvalue weighted by atomic mass is 9.76. The molecule has 4 N–H and O–H groups in total. The van der Waals surface area contributed by atoms with Crippen LogP contribution < -0.4 is 16.0 Å². The molecule has 178 valence electrons. The largest absolute Gasteiger partial charge is 0.451 e. The van der Waals surface area contributed by atoms with Crippen molar-refractivity contribution in [2.24, 2.45) is 10.4 Å². The first-order valence-electron chi connectivity index (χ1n) is 11.0. The number of nitrogens with one attached hydrogen (secondary N) is 4. The molecular weight excluding hydrogens is 500 g/mol. The Bertz CT molecular complexity index is 1210. The summed E-state index contributed by atoms with van der Waals surface area (Å²) in [6, 6.07) is 5.97. The Hall–Kier alpha value is -3.40. The summed E-state index contributed by atoms with van der Waals surface area (Å²) in [7, 11) is 1.28. The molecule has 0 saturated heterocycles. The lowest BCUT2D eigenvalue weighted by molar-refractivity contribution is 0.101. The van der Waals surface area contributed by atoms with Crippen LogP contribution in [-0.2, 0) is 4.74 Å². The third-order valence-electron chi connectivity index (χ3n) is 5.93. The van der Waals surface area contributed by atoms with E-state index >= 15 is 0 Å². The average molecular weight is 527 g/mol. The minimum Gasteiger partial charge on any atom is -0.451 e. The number of imidazole rings is 1. The Morgan fingerprint density at radius 1 is 1.26 bits per heavy atom. The standard InChI is InChI=1S/C24H27BrN6O3/c1-24(2)8-6-14(7-9-24)17-10-15(16-11-27-22(28-12-16)31-23(33)34-3)4-5-18(17)29-21(32)20-26-13-19(25)30-20/h4-6,10-11,13H,7-9,12H2,1-3H3,(H,26,30)(H,29,32)(H2,27,28,31,33). The van der Waals surface area contributed by atoms with Crippen molar-refractivity contribution in [3.8, 4) is 0 Å². The van der Waals surface area contributed by atoms with E-state index in [0.29, 0.717) is 17.1 Å². The molecule has 0 saturated carbocycles. The summed E-state index contributed by atoms with van der Waals surface area (Å²) >= 11 is 3.26. The number of benzene rings is 1. The van der Waals surface area contributed by atoms with Gasteiger partial charge in [0.1, 0.15) is 4.60 Å². The van der Waals surface area contributed by atoms with Gasteiger partial charge < -0.3 is 25.7 Å². The number of H-pyrrole nitrogens is 1. The summed E-state index contributed by atoms with van der Waals surface area (Å²) in [6.07, 6.45) is 8.01. The number of nitrogens with zero attached hydrogens (tertiary/aromatic N) is 2. The molecule has 0 fully saturated rings. The molecular formula is C24H27BrN6O3. The van der Waals surface area contributed by atoms with Crippen LogP contribution in [0.1, 0.15) is 54.9 Å². The second-order valence-electron chi connectivity index (χ2n) is 8.98. The zero-order chi connectivity index (χ0) is 24.3.